The third-order valence-electron chi connectivity index (χ3n) is 6.83. The highest BCUT2D eigenvalue weighted by Gasteiger charge is 2.48. The minimum Gasteiger partial charge on any atom is -0.455 e. The van der Waals surface area contributed by atoms with Crippen LogP contribution < -0.4 is 15.0 Å². The number of nitrogens with zero attached hydrogens (tertiary/aromatic N) is 4. The summed E-state index contributed by atoms with van der Waals surface area (Å²) >= 11 is 1.31. The molecule has 6 rings (SSSR count). The number of amides is 1. The van der Waals surface area contributed by atoms with Crippen molar-refractivity contribution in [3.63, 3.8) is 0 Å². The Labute approximate surface area is 233 Å². The number of thioether (sulfide) groups is 1. The molecule has 1 unspecified atom stereocenters. The predicted molar refractivity (Wildman–Crippen MR) is 146 cm³/mol. The lowest BCUT2D eigenvalue weighted by molar-refractivity contribution is 0.0256. The van der Waals surface area contributed by atoms with Gasteiger partial charge in [0.25, 0.3) is 5.92 Å². The van der Waals surface area contributed by atoms with Crippen molar-refractivity contribution in [1.82, 2.24) is 15.3 Å². The lowest BCUT2D eigenvalue weighted by Crippen LogP contribution is -2.35. The molecule has 0 radical (unpaired) electrons. The summed E-state index contributed by atoms with van der Waals surface area (Å²) in [5.74, 6) is -1.76. The van der Waals surface area contributed by atoms with Gasteiger partial charge >= 0.3 is 6.09 Å². The van der Waals surface area contributed by atoms with Crippen molar-refractivity contribution in [2.45, 2.75) is 44.3 Å². The summed E-state index contributed by atoms with van der Waals surface area (Å²) in [7, 11) is 0. The molecular formula is C28H26F3N5O3S. The fourth-order valence-corrected chi connectivity index (χ4v) is 6.15. The third-order valence-corrected chi connectivity index (χ3v) is 7.85. The van der Waals surface area contributed by atoms with Crippen molar-refractivity contribution in [1.29, 1.82) is 0 Å². The third kappa shape index (κ3) is 4.85. The number of carbonyl (C=O) groups is 1. The molecule has 1 amide bonds. The van der Waals surface area contributed by atoms with Crippen LogP contribution in [-0.4, -0.2) is 51.6 Å². The topological polar surface area (TPSA) is 88.9 Å². The number of amidine groups is 1. The number of alkyl carbamates (subject to hydrolysis) is 1. The molecule has 0 aliphatic carbocycles. The molecule has 12 heteroatoms. The van der Waals surface area contributed by atoms with Gasteiger partial charge in [-0.2, -0.15) is 4.39 Å². The Morgan fingerprint density at radius 2 is 1.95 bits per heavy atom. The number of aromatic nitrogens is 2. The molecule has 3 aromatic rings. The first-order chi connectivity index (χ1) is 18.9. The fourth-order valence-electron chi connectivity index (χ4n) is 5.06. The molecule has 208 valence electrons. The fraction of sp³-hybridized carbons (Fsp3) is 0.357. The molecule has 2 aromatic heterocycles. The van der Waals surface area contributed by atoms with E-state index in [0.717, 1.165) is 0 Å². The van der Waals surface area contributed by atoms with Crippen LogP contribution >= 0.6 is 11.8 Å². The van der Waals surface area contributed by atoms with Gasteiger partial charge in [0.05, 0.1) is 12.7 Å². The summed E-state index contributed by atoms with van der Waals surface area (Å²) < 4.78 is 54.3. The number of hydrogen-bond donors (Lipinski definition) is 1. The molecule has 8 nitrogen and oxygen atoms in total. The first kappa shape index (κ1) is 26.4. The highest BCUT2D eigenvalue weighted by molar-refractivity contribution is 8.14. The van der Waals surface area contributed by atoms with Gasteiger partial charge in [-0.05, 0) is 56.7 Å². The number of nitrogens with one attached hydrogen (secondary N) is 1. The molecule has 3 aliphatic rings. The van der Waals surface area contributed by atoms with Crippen LogP contribution in [0.15, 0.2) is 53.8 Å². The maximum absolute atomic E-state index is 14.6. The van der Waals surface area contributed by atoms with Crippen molar-refractivity contribution < 1.29 is 27.4 Å². The Morgan fingerprint density at radius 3 is 2.67 bits per heavy atom. The van der Waals surface area contributed by atoms with Crippen LogP contribution in [0.1, 0.15) is 38.3 Å². The second kappa shape index (κ2) is 9.39. The number of anilines is 1. The number of rotatable bonds is 2. The van der Waals surface area contributed by atoms with E-state index in [2.05, 4.69) is 15.3 Å². The van der Waals surface area contributed by atoms with Gasteiger partial charge in [0.15, 0.2) is 10.9 Å². The average Bonchev–Trinajstić information content (AvgIpc) is 3.46. The van der Waals surface area contributed by atoms with E-state index >= 15 is 0 Å². The molecule has 3 aliphatic heterocycles. The predicted octanol–water partition coefficient (Wildman–Crippen LogP) is 6.10. The van der Waals surface area contributed by atoms with Crippen LogP contribution in [0.3, 0.4) is 0 Å². The zero-order chi connectivity index (χ0) is 28.3. The van der Waals surface area contributed by atoms with Crippen molar-refractivity contribution >= 4 is 28.8 Å². The highest BCUT2D eigenvalue weighted by Crippen LogP contribution is 2.54. The van der Waals surface area contributed by atoms with Crippen molar-refractivity contribution in [3.05, 3.63) is 65.9 Å². The summed E-state index contributed by atoms with van der Waals surface area (Å²) in [5.41, 5.74) is 0.341. The van der Waals surface area contributed by atoms with Crippen LogP contribution in [0.2, 0.25) is 0 Å². The average molecular weight is 570 g/mol. The largest absolute Gasteiger partial charge is 0.455 e. The number of ether oxygens (including phenoxy) is 2. The zero-order valence-electron chi connectivity index (χ0n) is 22.0. The molecule has 1 spiro atoms. The normalized spacial score (nSPS) is 20.9. The monoisotopic (exact) mass is 569 g/mol. The van der Waals surface area contributed by atoms with E-state index < -0.39 is 35.6 Å². The van der Waals surface area contributed by atoms with Gasteiger partial charge in [-0.15, -0.1) is 0 Å². The van der Waals surface area contributed by atoms with Crippen molar-refractivity contribution in [2.24, 2.45) is 4.99 Å². The maximum Gasteiger partial charge on any atom is 0.413 e. The molecule has 1 fully saturated rings. The molecule has 5 heterocycles. The minimum absolute atomic E-state index is 0.164. The number of carbonyl (C=O) groups excluding carboxylic acids is 1. The number of fused-ring (bicyclic) bond motifs is 4. The van der Waals surface area contributed by atoms with Gasteiger partial charge in [0, 0.05) is 41.6 Å². The summed E-state index contributed by atoms with van der Waals surface area (Å²) in [6.07, 6.45) is 1.99. The molecule has 1 atom stereocenters. The van der Waals surface area contributed by atoms with Gasteiger partial charge in [-0.3, -0.25) is 5.32 Å². The Balaban J connectivity index is 1.47. The number of benzene rings is 1. The summed E-state index contributed by atoms with van der Waals surface area (Å²) in [4.78, 5) is 27.2. The van der Waals surface area contributed by atoms with Crippen LogP contribution in [0, 0.1) is 5.95 Å². The second-order valence-electron chi connectivity index (χ2n) is 10.9. The Bertz CT molecular complexity index is 1540. The van der Waals surface area contributed by atoms with E-state index in [1.54, 1.807) is 57.2 Å². The van der Waals surface area contributed by atoms with E-state index in [-0.39, 0.29) is 13.0 Å². The van der Waals surface area contributed by atoms with E-state index in [1.165, 1.54) is 29.1 Å². The van der Waals surface area contributed by atoms with Crippen LogP contribution in [0.4, 0.5) is 23.8 Å². The number of halogens is 3. The Morgan fingerprint density at radius 1 is 1.15 bits per heavy atom. The summed E-state index contributed by atoms with van der Waals surface area (Å²) in [6.45, 7) is 5.02. The quantitative estimate of drug-likeness (QED) is 0.373. The maximum atomic E-state index is 14.6. The number of pyridine rings is 2. The van der Waals surface area contributed by atoms with Crippen molar-refractivity contribution in [2.75, 3.05) is 23.7 Å². The Hall–Kier alpha value is -3.80. The van der Waals surface area contributed by atoms with Gasteiger partial charge in [-0.25, -0.2) is 28.5 Å². The molecule has 40 heavy (non-hydrogen) atoms. The molecule has 0 bridgehead atoms. The Kier molecular flexibility index (Phi) is 6.21. The van der Waals surface area contributed by atoms with Gasteiger partial charge in [-0.1, -0.05) is 17.8 Å². The van der Waals surface area contributed by atoms with E-state index in [0.29, 0.717) is 50.5 Å². The van der Waals surface area contributed by atoms with E-state index in [1.807, 2.05) is 0 Å². The van der Waals surface area contributed by atoms with E-state index in [4.69, 9.17) is 14.5 Å². The van der Waals surface area contributed by atoms with Gasteiger partial charge in [0.2, 0.25) is 5.95 Å². The lowest BCUT2D eigenvalue weighted by atomic mass is 9.81. The number of alkyl halides is 2. The summed E-state index contributed by atoms with van der Waals surface area (Å²) in [6, 6.07) is 10.3. The van der Waals surface area contributed by atoms with Crippen LogP contribution in [0.5, 0.6) is 11.5 Å². The number of aliphatic imine (C=N–C) groups is 1. The molecule has 1 aromatic carbocycles. The SMILES string of the molecule is CC(C)(C)OC(=O)NC1=NC2(CS1)c1cc(-c3cccnc3F)ccc1Oc1cnc(N3CCC(F)(F)C3)cc12. The second-order valence-corrected chi connectivity index (χ2v) is 11.9. The van der Waals surface area contributed by atoms with Crippen LogP contribution in [0.25, 0.3) is 11.1 Å². The zero-order valence-corrected chi connectivity index (χ0v) is 22.8. The molecule has 1 saturated heterocycles. The minimum atomic E-state index is -2.80. The lowest BCUT2D eigenvalue weighted by Gasteiger charge is -2.35. The number of hydrogen-bond acceptors (Lipinski definition) is 8. The molecule has 0 saturated carbocycles. The van der Waals surface area contributed by atoms with E-state index in [9.17, 15) is 18.0 Å². The highest BCUT2D eigenvalue weighted by atomic mass is 32.2. The molecular weight excluding hydrogens is 543 g/mol. The van der Waals surface area contributed by atoms with Gasteiger partial charge < -0.3 is 14.4 Å². The first-order valence-corrected chi connectivity index (χ1v) is 13.7. The smallest absolute Gasteiger partial charge is 0.413 e. The van der Waals surface area contributed by atoms with Crippen LogP contribution in [-0.2, 0) is 10.3 Å². The standard InChI is InChI=1S/C28H26F3N5O3S/c1-26(2,3)39-25(37)34-24-35-28(15-40-24)18-11-16(17-5-4-9-32-23(17)29)6-7-20(18)38-21-13-33-22(12-19(21)28)36-10-8-27(30,31)14-36/h4-7,9,11-13H,8,10,14-15H2,1-3H3,(H,34,35,37). The van der Waals surface area contributed by atoms with Gasteiger partial charge in [0.1, 0.15) is 22.7 Å². The van der Waals surface area contributed by atoms with Crippen molar-refractivity contribution in [3.8, 4) is 22.6 Å². The summed E-state index contributed by atoms with van der Waals surface area (Å²) in [5, 5.41) is 3.05. The molecule has 1 N–H and O–H groups in total. The first-order valence-electron chi connectivity index (χ1n) is 12.7.